The quantitative estimate of drug-likeness (QED) is 0.667. The molecule has 3 nitrogen and oxygen atoms in total. The first-order valence-electron chi connectivity index (χ1n) is 4.74. The van der Waals surface area contributed by atoms with E-state index in [1.165, 1.54) is 11.8 Å². The molecule has 0 saturated carbocycles. The number of Topliss-reactive ketones (excluding diaryl/α,β-unsaturated/α-hetero) is 1. The molecule has 0 fully saturated rings. The van der Waals surface area contributed by atoms with E-state index in [-0.39, 0.29) is 22.8 Å². The molecule has 2 rings (SSSR count). The third-order valence-electron chi connectivity index (χ3n) is 2.51. The summed E-state index contributed by atoms with van der Waals surface area (Å²) in [6, 6.07) is 5.19. The third-order valence-corrected chi connectivity index (χ3v) is 3.69. The second kappa shape index (κ2) is 4.47. The van der Waals surface area contributed by atoms with Gasteiger partial charge in [-0.25, -0.2) is 0 Å². The Kier molecular flexibility index (Phi) is 3.21. The number of amides is 1. The Morgan fingerprint density at radius 1 is 1.56 bits per heavy atom. The zero-order valence-electron chi connectivity index (χ0n) is 8.62. The number of hydrogen-bond donors (Lipinski definition) is 1. The fraction of sp³-hybridized carbons (Fsp3) is 0.273. The van der Waals surface area contributed by atoms with Crippen molar-refractivity contribution in [2.24, 2.45) is 0 Å². The van der Waals surface area contributed by atoms with Gasteiger partial charge in [-0.05, 0) is 30.0 Å². The van der Waals surface area contributed by atoms with Crippen molar-refractivity contribution in [2.75, 3.05) is 17.5 Å². The van der Waals surface area contributed by atoms with Crippen LogP contribution in [0.1, 0.15) is 21.2 Å². The molecule has 0 aromatic heterocycles. The van der Waals surface area contributed by atoms with Gasteiger partial charge in [-0.3, -0.25) is 9.59 Å². The minimum atomic E-state index is -0.224. The molecule has 1 unspecified atom stereocenters. The van der Waals surface area contributed by atoms with Crippen molar-refractivity contribution in [3.05, 3.63) is 29.3 Å². The molecule has 1 aliphatic heterocycles. The number of benzene rings is 1. The number of carbonyl (C=O) groups is 2. The standard InChI is InChI=1S/C11H10ClNO2S/c1-16-10-7-4-6(9(14)5-12)2-3-8(7)13-11(10)15/h2-4,10H,5H2,1H3,(H,13,15). The molecule has 1 heterocycles. The summed E-state index contributed by atoms with van der Waals surface area (Å²) in [5, 5.41) is 2.55. The van der Waals surface area contributed by atoms with Gasteiger partial charge in [-0.1, -0.05) is 0 Å². The van der Waals surface area contributed by atoms with E-state index in [0.29, 0.717) is 5.56 Å². The van der Waals surface area contributed by atoms with E-state index < -0.39 is 0 Å². The van der Waals surface area contributed by atoms with Crippen LogP contribution in [-0.4, -0.2) is 23.8 Å². The molecule has 0 radical (unpaired) electrons. The van der Waals surface area contributed by atoms with Crippen LogP contribution in [-0.2, 0) is 4.79 Å². The van der Waals surface area contributed by atoms with E-state index in [4.69, 9.17) is 11.6 Å². The lowest BCUT2D eigenvalue weighted by atomic mass is 10.1. The lowest BCUT2D eigenvalue weighted by Crippen LogP contribution is -2.08. The molecule has 1 atom stereocenters. The second-order valence-corrected chi connectivity index (χ2v) is 4.67. The van der Waals surface area contributed by atoms with Gasteiger partial charge in [0.15, 0.2) is 5.78 Å². The zero-order valence-corrected chi connectivity index (χ0v) is 10.2. The monoisotopic (exact) mass is 255 g/mol. The van der Waals surface area contributed by atoms with E-state index >= 15 is 0 Å². The van der Waals surface area contributed by atoms with Gasteiger partial charge in [0.25, 0.3) is 0 Å². The van der Waals surface area contributed by atoms with Gasteiger partial charge in [0.05, 0.1) is 5.88 Å². The molecule has 0 saturated heterocycles. The largest absolute Gasteiger partial charge is 0.325 e. The van der Waals surface area contributed by atoms with Crippen LogP contribution in [0, 0.1) is 0 Å². The van der Waals surface area contributed by atoms with Crippen LogP contribution < -0.4 is 5.32 Å². The SMILES string of the molecule is CSC1C(=O)Nc2ccc(C(=O)CCl)cc21. The van der Waals surface area contributed by atoms with Crippen LogP contribution in [0.5, 0.6) is 0 Å². The fourth-order valence-electron chi connectivity index (χ4n) is 1.72. The average Bonchev–Trinajstić information content (AvgIpc) is 2.62. The van der Waals surface area contributed by atoms with Crippen LogP contribution >= 0.6 is 23.4 Å². The fourth-order valence-corrected chi connectivity index (χ4v) is 2.59. The smallest absolute Gasteiger partial charge is 0.242 e. The predicted octanol–water partition coefficient (Wildman–Crippen LogP) is 2.46. The maximum Gasteiger partial charge on any atom is 0.242 e. The molecular weight excluding hydrogens is 246 g/mol. The van der Waals surface area contributed by atoms with Crippen LogP contribution in [0.3, 0.4) is 0 Å². The minimum absolute atomic E-state index is 0.0297. The Hall–Kier alpha value is -1.00. The molecule has 0 spiro atoms. The highest BCUT2D eigenvalue weighted by Gasteiger charge is 2.30. The highest BCUT2D eigenvalue weighted by Crippen LogP contribution is 2.39. The van der Waals surface area contributed by atoms with Gasteiger partial charge in [0.2, 0.25) is 5.91 Å². The van der Waals surface area contributed by atoms with Crippen LogP contribution in [0.2, 0.25) is 0 Å². The van der Waals surface area contributed by atoms with Gasteiger partial charge in [-0.2, -0.15) is 0 Å². The number of hydrogen-bond acceptors (Lipinski definition) is 3. The maximum absolute atomic E-state index is 11.6. The summed E-state index contributed by atoms with van der Waals surface area (Å²) in [4.78, 5) is 23.0. The second-order valence-electron chi connectivity index (χ2n) is 3.46. The number of carbonyl (C=O) groups excluding carboxylic acids is 2. The van der Waals surface area contributed by atoms with E-state index in [1.54, 1.807) is 18.2 Å². The molecule has 1 aliphatic rings. The average molecular weight is 256 g/mol. The normalized spacial score (nSPS) is 18.1. The molecule has 5 heteroatoms. The Morgan fingerprint density at radius 3 is 2.94 bits per heavy atom. The number of rotatable bonds is 3. The number of thioether (sulfide) groups is 1. The lowest BCUT2D eigenvalue weighted by Gasteiger charge is -2.05. The number of alkyl halides is 1. The Labute approximate surface area is 103 Å². The van der Waals surface area contributed by atoms with Crippen molar-refractivity contribution in [2.45, 2.75) is 5.25 Å². The molecule has 1 N–H and O–H groups in total. The van der Waals surface area contributed by atoms with E-state index in [1.807, 2.05) is 6.26 Å². The molecule has 0 aliphatic carbocycles. The van der Waals surface area contributed by atoms with Crippen LogP contribution in [0.25, 0.3) is 0 Å². The lowest BCUT2D eigenvalue weighted by molar-refractivity contribution is -0.115. The van der Waals surface area contributed by atoms with Gasteiger partial charge < -0.3 is 5.32 Å². The van der Waals surface area contributed by atoms with Gasteiger partial charge in [-0.15, -0.1) is 23.4 Å². The number of anilines is 1. The maximum atomic E-state index is 11.6. The van der Waals surface area contributed by atoms with Crippen molar-refractivity contribution in [3.63, 3.8) is 0 Å². The molecule has 1 aromatic carbocycles. The third kappa shape index (κ3) is 1.83. The van der Waals surface area contributed by atoms with Gasteiger partial charge in [0, 0.05) is 11.3 Å². The van der Waals surface area contributed by atoms with E-state index in [0.717, 1.165) is 11.3 Å². The van der Waals surface area contributed by atoms with Crippen molar-refractivity contribution < 1.29 is 9.59 Å². The van der Waals surface area contributed by atoms with Gasteiger partial charge in [0.1, 0.15) is 5.25 Å². The summed E-state index contributed by atoms with van der Waals surface area (Å²) in [7, 11) is 0. The van der Waals surface area contributed by atoms with E-state index in [2.05, 4.69) is 5.32 Å². The number of nitrogens with one attached hydrogen (secondary N) is 1. The first kappa shape index (κ1) is 11.5. The number of halogens is 1. The number of fused-ring (bicyclic) bond motifs is 1. The predicted molar refractivity (Wildman–Crippen MR) is 66.4 cm³/mol. The molecule has 84 valence electrons. The summed E-state index contributed by atoms with van der Waals surface area (Å²) >= 11 is 6.95. The van der Waals surface area contributed by atoms with Crippen LogP contribution in [0.4, 0.5) is 5.69 Å². The molecular formula is C11H10ClNO2S. The first-order valence-corrected chi connectivity index (χ1v) is 6.56. The minimum Gasteiger partial charge on any atom is -0.325 e. The first-order chi connectivity index (χ1) is 7.67. The molecule has 1 aromatic rings. The Balaban J connectivity index is 2.43. The van der Waals surface area contributed by atoms with Crippen LogP contribution in [0.15, 0.2) is 18.2 Å². The molecule has 0 bridgehead atoms. The highest BCUT2D eigenvalue weighted by atomic mass is 35.5. The highest BCUT2D eigenvalue weighted by molar-refractivity contribution is 7.99. The molecule has 16 heavy (non-hydrogen) atoms. The summed E-state index contributed by atoms with van der Waals surface area (Å²) in [6.07, 6.45) is 1.87. The molecule has 1 amide bonds. The van der Waals surface area contributed by atoms with Gasteiger partial charge >= 0.3 is 0 Å². The Morgan fingerprint density at radius 2 is 2.31 bits per heavy atom. The van der Waals surface area contributed by atoms with Crippen molar-refractivity contribution in [1.29, 1.82) is 0 Å². The zero-order chi connectivity index (χ0) is 11.7. The summed E-state index contributed by atoms with van der Waals surface area (Å²) in [5.41, 5.74) is 2.22. The summed E-state index contributed by atoms with van der Waals surface area (Å²) in [5.74, 6) is -0.189. The van der Waals surface area contributed by atoms with Crippen molar-refractivity contribution in [1.82, 2.24) is 0 Å². The summed E-state index contributed by atoms with van der Waals surface area (Å²) in [6.45, 7) is 0. The topological polar surface area (TPSA) is 46.2 Å². The number of ketones is 1. The summed E-state index contributed by atoms with van der Waals surface area (Å²) < 4.78 is 0. The van der Waals surface area contributed by atoms with Crippen molar-refractivity contribution >= 4 is 40.7 Å². The Bertz CT molecular complexity index is 461. The van der Waals surface area contributed by atoms with E-state index in [9.17, 15) is 9.59 Å². The van der Waals surface area contributed by atoms with Crippen molar-refractivity contribution in [3.8, 4) is 0 Å².